The molecule has 2 nitrogen and oxygen atoms in total. The summed E-state index contributed by atoms with van der Waals surface area (Å²) in [6.07, 6.45) is 7.86. The highest BCUT2D eigenvalue weighted by molar-refractivity contribution is 9.10. The predicted octanol–water partition coefficient (Wildman–Crippen LogP) is 3.50. The molecule has 3 heteroatoms. The van der Waals surface area contributed by atoms with Crippen LogP contribution in [-0.2, 0) is 6.54 Å². The van der Waals surface area contributed by atoms with Crippen molar-refractivity contribution in [3.8, 4) is 12.3 Å². The first-order valence-electron chi connectivity index (χ1n) is 5.91. The number of fused-ring (bicyclic) bond motifs is 1. The minimum Gasteiger partial charge on any atom is -0.309 e. The topological polar surface area (TPSA) is 24.9 Å². The molecule has 18 heavy (non-hydrogen) atoms. The van der Waals surface area contributed by atoms with Crippen LogP contribution in [0.1, 0.15) is 18.9 Å². The lowest BCUT2D eigenvalue weighted by atomic mass is 10.1. The van der Waals surface area contributed by atoms with E-state index in [0.717, 1.165) is 28.3 Å². The van der Waals surface area contributed by atoms with Crippen LogP contribution < -0.4 is 5.32 Å². The van der Waals surface area contributed by atoms with E-state index in [2.05, 4.69) is 57.3 Å². The molecule has 0 amide bonds. The third-order valence-corrected chi connectivity index (χ3v) is 3.56. The highest BCUT2D eigenvalue weighted by Crippen LogP contribution is 2.25. The van der Waals surface area contributed by atoms with Gasteiger partial charge in [0.1, 0.15) is 0 Å². The van der Waals surface area contributed by atoms with E-state index in [0.29, 0.717) is 6.04 Å². The van der Waals surface area contributed by atoms with E-state index < -0.39 is 0 Å². The van der Waals surface area contributed by atoms with Crippen LogP contribution in [-0.4, -0.2) is 11.0 Å². The van der Waals surface area contributed by atoms with Crippen LogP contribution in [0.4, 0.5) is 0 Å². The lowest BCUT2D eigenvalue weighted by Gasteiger charge is -2.12. The van der Waals surface area contributed by atoms with Crippen molar-refractivity contribution in [3.05, 3.63) is 40.5 Å². The second-order valence-corrected chi connectivity index (χ2v) is 5.15. The summed E-state index contributed by atoms with van der Waals surface area (Å²) >= 11 is 3.55. The van der Waals surface area contributed by atoms with Gasteiger partial charge in [0.2, 0.25) is 0 Å². The number of aromatic nitrogens is 1. The lowest BCUT2D eigenvalue weighted by Crippen LogP contribution is -2.25. The van der Waals surface area contributed by atoms with Gasteiger partial charge in [-0.05, 0) is 24.6 Å². The summed E-state index contributed by atoms with van der Waals surface area (Å²) in [6, 6.07) is 8.49. The van der Waals surface area contributed by atoms with Gasteiger partial charge < -0.3 is 5.32 Å². The summed E-state index contributed by atoms with van der Waals surface area (Å²) in [5.74, 6) is 2.66. The molecule has 1 aromatic heterocycles. The van der Waals surface area contributed by atoms with E-state index in [1.807, 2.05) is 12.3 Å². The van der Waals surface area contributed by atoms with Gasteiger partial charge in [-0.3, -0.25) is 4.98 Å². The fraction of sp³-hybridized carbons (Fsp3) is 0.267. The minimum absolute atomic E-state index is 0.317. The molecule has 0 radical (unpaired) electrons. The molecule has 0 fully saturated rings. The van der Waals surface area contributed by atoms with Gasteiger partial charge in [-0.15, -0.1) is 12.3 Å². The third kappa shape index (κ3) is 2.90. The number of hydrogen-bond acceptors (Lipinski definition) is 2. The maximum absolute atomic E-state index is 5.30. The molecule has 0 aliphatic rings. The van der Waals surface area contributed by atoms with Crippen molar-refractivity contribution in [2.24, 2.45) is 0 Å². The van der Waals surface area contributed by atoms with E-state index in [4.69, 9.17) is 6.42 Å². The Morgan fingerprint density at radius 2 is 2.28 bits per heavy atom. The van der Waals surface area contributed by atoms with Crippen LogP contribution in [0.25, 0.3) is 10.9 Å². The van der Waals surface area contributed by atoms with E-state index >= 15 is 0 Å². The fourth-order valence-electron chi connectivity index (χ4n) is 1.87. The monoisotopic (exact) mass is 302 g/mol. The van der Waals surface area contributed by atoms with Crippen molar-refractivity contribution < 1.29 is 0 Å². The van der Waals surface area contributed by atoms with Crippen molar-refractivity contribution in [1.82, 2.24) is 10.3 Å². The van der Waals surface area contributed by atoms with Gasteiger partial charge in [-0.2, -0.15) is 0 Å². The molecule has 0 aliphatic carbocycles. The van der Waals surface area contributed by atoms with Gasteiger partial charge >= 0.3 is 0 Å². The van der Waals surface area contributed by atoms with Crippen molar-refractivity contribution in [2.75, 3.05) is 0 Å². The van der Waals surface area contributed by atoms with Gasteiger partial charge in [-0.1, -0.05) is 28.1 Å². The highest BCUT2D eigenvalue weighted by Gasteiger charge is 2.06. The number of rotatable bonds is 4. The number of nitrogens with one attached hydrogen (secondary N) is 1. The smallest absolute Gasteiger partial charge is 0.0758 e. The zero-order valence-corrected chi connectivity index (χ0v) is 11.9. The van der Waals surface area contributed by atoms with E-state index in [1.165, 1.54) is 5.56 Å². The maximum Gasteiger partial charge on any atom is 0.0758 e. The van der Waals surface area contributed by atoms with Gasteiger partial charge in [0.05, 0.1) is 5.52 Å². The zero-order chi connectivity index (χ0) is 13.0. The Balaban J connectivity index is 2.24. The first-order valence-corrected chi connectivity index (χ1v) is 6.70. The average molecular weight is 303 g/mol. The van der Waals surface area contributed by atoms with Crippen LogP contribution in [0.2, 0.25) is 0 Å². The fourth-order valence-corrected chi connectivity index (χ4v) is 2.32. The lowest BCUT2D eigenvalue weighted by molar-refractivity contribution is 0.560. The third-order valence-electron chi connectivity index (χ3n) is 2.87. The van der Waals surface area contributed by atoms with Crippen molar-refractivity contribution in [2.45, 2.75) is 25.9 Å². The highest BCUT2D eigenvalue weighted by atomic mass is 79.9. The Morgan fingerprint density at radius 1 is 1.44 bits per heavy atom. The second-order valence-electron chi connectivity index (χ2n) is 4.30. The summed E-state index contributed by atoms with van der Waals surface area (Å²) in [7, 11) is 0. The Bertz CT molecular complexity index is 587. The van der Waals surface area contributed by atoms with Crippen molar-refractivity contribution in [1.29, 1.82) is 0 Å². The molecule has 2 aromatic rings. The Morgan fingerprint density at radius 3 is 3.06 bits per heavy atom. The molecule has 0 aliphatic heterocycles. The first kappa shape index (κ1) is 13.1. The SMILES string of the molecule is C#CCC(C)NCc1ccc(Br)c2cccnc12. The molecule has 1 N–H and O–H groups in total. The van der Waals surface area contributed by atoms with Crippen LogP contribution in [0.5, 0.6) is 0 Å². The molecule has 1 unspecified atom stereocenters. The average Bonchev–Trinajstić information content (AvgIpc) is 2.39. The number of terminal acetylenes is 1. The minimum atomic E-state index is 0.317. The first-order chi connectivity index (χ1) is 8.72. The number of nitrogens with zero attached hydrogens (tertiary/aromatic N) is 1. The largest absolute Gasteiger partial charge is 0.309 e. The van der Waals surface area contributed by atoms with Crippen molar-refractivity contribution >= 4 is 26.8 Å². The van der Waals surface area contributed by atoms with Crippen LogP contribution in [0, 0.1) is 12.3 Å². The Kier molecular flexibility index (Phi) is 4.35. The molecule has 2 rings (SSSR count). The summed E-state index contributed by atoms with van der Waals surface area (Å²) in [5.41, 5.74) is 2.23. The summed E-state index contributed by atoms with van der Waals surface area (Å²) < 4.78 is 1.08. The van der Waals surface area contributed by atoms with Gasteiger partial charge in [0, 0.05) is 35.1 Å². The maximum atomic E-state index is 5.30. The van der Waals surface area contributed by atoms with E-state index in [-0.39, 0.29) is 0 Å². The normalized spacial score (nSPS) is 12.3. The van der Waals surface area contributed by atoms with Gasteiger partial charge in [0.15, 0.2) is 0 Å². The molecule has 0 bridgehead atoms. The summed E-state index contributed by atoms with van der Waals surface area (Å²) in [6.45, 7) is 2.87. The number of pyridine rings is 1. The van der Waals surface area contributed by atoms with Crippen molar-refractivity contribution in [3.63, 3.8) is 0 Å². The molecule has 1 aromatic carbocycles. The Hall–Kier alpha value is -1.37. The molecule has 1 atom stereocenters. The standard InChI is InChI=1S/C15H15BrN2/c1-3-5-11(2)18-10-12-7-8-14(16)13-6-4-9-17-15(12)13/h1,4,6-9,11,18H,5,10H2,2H3. The molecule has 92 valence electrons. The molecule has 0 saturated heterocycles. The zero-order valence-electron chi connectivity index (χ0n) is 10.3. The van der Waals surface area contributed by atoms with Gasteiger partial charge in [-0.25, -0.2) is 0 Å². The molecule has 0 spiro atoms. The molecule has 1 heterocycles. The van der Waals surface area contributed by atoms with Gasteiger partial charge in [0.25, 0.3) is 0 Å². The Labute approximate surface area is 116 Å². The number of hydrogen-bond donors (Lipinski definition) is 1. The second kappa shape index (κ2) is 5.99. The molecular weight excluding hydrogens is 288 g/mol. The quantitative estimate of drug-likeness (QED) is 0.875. The van der Waals surface area contributed by atoms with Crippen LogP contribution in [0.15, 0.2) is 34.9 Å². The van der Waals surface area contributed by atoms with E-state index in [9.17, 15) is 0 Å². The summed E-state index contributed by atoms with van der Waals surface area (Å²) in [5, 5.41) is 4.55. The number of halogens is 1. The van der Waals surface area contributed by atoms with Crippen LogP contribution in [0.3, 0.4) is 0 Å². The molecular formula is C15H15BrN2. The van der Waals surface area contributed by atoms with E-state index in [1.54, 1.807) is 0 Å². The summed E-state index contributed by atoms with van der Waals surface area (Å²) in [4.78, 5) is 4.46. The number of benzene rings is 1. The van der Waals surface area contributed by atoms with Crippen LogP contribution >= 0.6 is 15.9 Å². The molecule has 0 saturated carbocycles. The predicted molar refractivity (Wildman–Crippen MR) is 79.2 cm³/mol.